The molecule has 2 fully saturated rings. The van der Waals surface area contributed by atoms with Crippen molar-refractivity contribution in [2.75, 3.05) is 45.8 Å². The topological polar surface area (TPSA) is 93.3 Å². The van der Waals surface area contributed by atoms with Gasteiger partial charge in [-0.2, -0.15) is 0 Å². The van der Waals surface area contributed by atoms with Crippen molar-refractivity contribution in [2.24, 2.45) is 4.99 Å². The number of furan rings is 1. The Kier molecular flexibility index (Phi) is 8.56. The number of rotatable bonds is 7. The molecule has 1 saturated heterocycles. The first-order valence-corrected chi connectivity index (χ1v) is 9.79. The van der Waals surface area contributed by atoms with Crippen molar-refractivity contribution in [3.63, 3.8) is 0 Å². The highest BCUT2D eigenvalue weighted by molar-refractivity contribution is 14.0. The monoisotopic (exact) mass is 505 g/mol. The SMILES string of the molecule is CCNC(=NCC(C)(O)c1ccco1)N1CCN(CC(=O)NC2CC2)CC1.I. The predicted molar refractivity (Wildman–Crippen MR) is 119 cm³/mol. The Balaban J connectivity index is 0.00000280. The maximum absolute atomic E-state index is 12.0. The van der Waals surface area contributed by atoms with Gasteiger partial charge in [-0.05, 0) is 38.8 Å². The maximum atomic E-state index is 12.0. The minimum atomic E-state index is -1.15. The van der Waals surface area contributed by atoms with Gasteiger partial charge in [0.2, 0.25) is 5.91 Å². The highest BCUT2D eigenvalue weighted by atomic mass is 127. The summed E-state index contributed by atoms with van der Waals surface area (Å²) in [5.74, 6) is 1.42. The van der Waals surface area contributed by atoms with Gasteiger partial charge in [0.15, 0.2) is 5.96 Å². The molecule has 158 valence electrons. The number of hydrogen-bond donors (Lipinski definition) is 3. The van der Waals surface area contributed by atoms with E-state index >= 15 is 0 Å². The zero-order valence-electron chi connectivity index (χ0n) is 16.7. The van der Waals surface area contributed by atoms with E-state index in [-0.39, 0.29) is 36.4 Å². The van der Waals surface area contributed by atoms with Gasteiger partial charge in [-0.15, -0.1) is 24.0 Å². The van der Waals surface area contributed by atoms with E-state index in [4.69, 9.17) is 4.42 Å². The number of aliphatic hydroxyl groups is 1. The van der Waals surface area contributed by atoms with Crippen LogP contribution in [0.3, 0.4) is 0 Å². The second kappa shape index (κ2) is 10.4. The molecule has 1 aromatic heterocycles. The summed E-state index contributed by atoms with van der Waals surface area (Å²) < 4.78 is 5.32. The first-order valence-electron chi connectivity index (χ1n) is 9.79. The van der Waals surface area contributed by atoms with Crippen LogP contribution in [0.1, 0.15) is 32.4 Å². The van der Waals surface area contributed by atoms with Gasteiger partial charge in [0.1, 0.15) is 11.4 Å². The highest BCUT2D eigenvalue weighted by Gasteiger charge is 2.28. The number of carbonyl (C=O) groups is 1. The lowest BCUT2D eigenvalue weighted by molar-refractivity contribution is -0.122. The summed E-state index contributed by atoms with van der Waals surface area (Å²) in [5.41, 5.74) is -1.15. The van der Waals surface area contributed by atoms with Crippen molar-refractivity contribution in [2.45, 2.75) is 38.3 Å². The molecule has 0 bridgehead atoms. The number of aliphatic imine (C=N–C) groups is 1. The predicted octanol–water partition coefficient (Wildman–Crippen LogP) is 0.967. The van der Waals surface area contributed by atoms with Crippen molar-refractivity contribution in [3.8, 4) is 0 Å². The quantitative estimate of drug-likeness (QED) is 0.291. The van der Waals surface area contributed by atoms with Gasteiger partial charge in [-0.25, -0.2) is 4.99 Å². The molecule has 3 rings (SSSR count). The third-order valence-corrected chi connectivity index (χ3v) is 4.91. The van der Waals surface area contributed by atoms with Crippen LogP contribution in [0.4, 0.5) is 0 Å². The Morgan fingerprint density at radius 3 is 2.64 bits per heavy atom. The maximum Gasteiger partial charge on any atom is 0.234 e. The van der Waals surface area contributed by atoms with E-state index in [0.717, 1.165) is 51.5 Å². The molecule has 1 amide bonds. The number of carbonyl (C=O) groups excluding carboxylic acids is 1. The fraction of sp³-hybridized carbons (Fsp3) is 0.684. The lowest BCUT2D eigenvalue weighted by Gasteiger charge is -2.36. The van der Waals surface area contributed by atoms with Crippen molar-refractivity contribution < 1.29 is 14.3 Å². The van der Waals surface area contributed by atoms with Gasteiger partial charge in [0, 0.05) is 38.8 Å². The van der Waals surface area contributed by atoms with E-state index in [1.54, 1.807) is 25.3 Å². The Morgan fingerprint density at radius 2 is 2.07 bits per heavy atom. The molecule has 1 aliphatic carbocycles. The number of amides is 1. The summed E-state index contributed by atoms with van der Waals surface area (Å²) in [5, 5.41) is 16.9. The first-order chi connectivity index (χ1) is 13.0. The average molecular weight is 505 g/mol. The first kappa shape index (κ1) is 23.0. The Hall–Kier alpha value is -1.33. The van der Waals surface area contributed by atoms with E-state index in [9.17, 15) is 9.90 Å². The minimum Gasteiger partial charge on any atom is -0.466 e. The summed E-state index contributed by atoms with van der Waals surface area (Å²) in [4.78, 5) is 20.9. The molecule has 0 radical (unpaired) electrons. The lowest BCUT2D eigenvalue weighted by atomic mass is 10.0. The molecule has 3 N–H and O–H groups in total. The summed E-state index contributed by atoms with van der Waals surface area (Å²) in [6.07, 6.45) is 3.78. The molecule has 8 nitrogen and oxygen atoms in total. The van der Waals surface area contributed by atoms with Crippen LogP contribution in [0.2, 0.25) is 0 Å². The van der Waals surface area contributed by atoms with Gasteiger partial charge in [-0.3, -0.25) is 9.69 Å². The number of hydrogen-bond acceptors (Lipinski definition) is 5. The van der Waals surface area contributed by atoms with Gasteiger partial charge in [0.05, 0.1) is 19.4 Å². The zero-order chi connectivity index (χ0) is 19.3. The van der Waals surface area contributed by atoms with Crippen LogP contribution in [0.25, 0.3) is 0 Å². The van der Waals surface area contributed by atoms with E-state index in [1.165, 1.54) is 0 Å². The fourth-order valence-corrected chi connectivity index (χ4v) is 3.14. The van der Waals surface area contributed by atoms with Crippen molar-refractivity contribution in [1.29, 1.82) is 0 Å². The molecule has 2 heterocycles. The molecular weight excluding hydrogens is 473 g/mol. The molecule has 9 heteroatoms. The van der Waals surface area contributed by atoms with Crippen molar-refractivity contribution >= 4 is 35.8 Å². The zero-order valence-corrected chi connectivity index (χ0v) is 19.0. The number of nitrogens with one attached hydrogen (secondary N) is 2. The molecular formula is C19H32IN5O3. The van der Waals surface area contributed by atoms with Crippen molar-refractivity contribution in [1.82, 2.24) is 20.4 Å². The van der Waals surface area contributed by atoms with Gasteiger partial charge < -0.3 is 25.1 Å². The van der Waals surface area contributed by atoms with Crippen LogP contribution >= 0.6 is 24.0 Å². The standard InChI is InChI=1S/C19H31N5O3.HI/c1-3-20-18(21-14-19(2,26)16-5-4-12-27-16)24-10-8-23(9-11-24)13-17(25)22-15-6-7-15;/h4-5,12,15,26H,3,6-11,13-14H2,1-2H3,(H,20,21)(H,22,25);1H. The number of piperazine rings is 1. The molecule has 1 aliphatic heterocycles. The third kappa shape index (κ3) is 6.63. The number of nitrogens with zero attached hydrogens (tertiary/aromatic N) is 3. The Labute approximate surface area is 183 Å². The van der Waals surface area contributed by atoms with Crippen LogP contribution in [0.15, 0.2) is 27.8 Å². The van der Waals surface area contributed by atoms with Crippen LogP contribution in [0.5, 0.6) is 0 Å². The largest absolute Gasteiger partial charge is 0.466 e. The normalized spacial score (nSPS) is 20.2. The van der Waals surface area contributed by atoms with E-state index in [0.29, 0.717) is 18.3 Å². The average Bonchev–Trinajstić information content (AvgIpc) is 3.26. The third-order valence-electron chi connectivity index (χ3n) is 4.91. The molecule has 0 spiro atoms. The Bertz CT molecular complexity index is 638. The Morgan fingerprint density at radius 1 is 1.36 bits per heavy atom. The van der Waals surface area contributed by atoms with E-state index in [1.807, 2.05) is 6.92 Å². The summed E-state index contributed by atoms with van der Waals surface area (Å²) in [7, 11) is 0. The number of guanidine groups is 1. The molecule has 0 aromatic carbocycles. The smallest absolute Gasteiger partial charge is 0.234 e. The van der Waals surface area contributed by atoms with Crippen LogP contribution in [-0.4, -0.2) is 78.6 Å². The summed E-state index contributed by atoms with van der Waals surface area (Å²) in [6, 6.07) is 3.93. The van der Waals surface area contributed by atoms with Gasteiger partial charge >= 0.3 is 0 Å². The van der Waals surface area contributed by atoms with Gasteiger partial charge in [0.25, 0.3) is 0 Å². The molecule has 1 unspecified atom stereocenters. The number of halogens is 1. The molecule has 1 aromatic rings. The fourth-order valence-electron chi connectivity index (χ4n) is 3.14. The van der Waals surface area contributed by atoms with Crippen LogP contribution in [0, 0.1) is 0 Å². The van der Waals surface area contributed by atoms with E-state index < -0.39 is 5.60 Å². The summed E-state index contributed by atoms with van der Waals surface area (Å²) in [6.45, 7) is 8.39. The highest BCUT2D eigenvalue weighted by Crippen LogP contribution is 2.21. The summed E-state index contributed by atoms with van der Waals surface area (Å²) >= 11 is 0. The molecule has 2 aliphatic rings. The lowest BCUT2D eigenvalue weighted by Crippen LogP contribution is -2.54. The second-order valence-corrected chi connectivity index (χ2v) is 7.53. The van der Waals surface area contributed by atoms with Gasteiger partial charge in [-0.1, -0.05) is 0 Å². The van der Waals surface area contributed by atoms with E-state index in [2.05, 4.69) is 25.4 Å². The molecule has 28 heavy (non-hydrogen) atoms. The second-order valence-electron chi connectivity index (χ2n) is 7.53. The van der Waals surface area contributed by atoms with Crippen LogP contribution in [-0.2, 0) is 10.4 Å². The van der Waals surface area contributed by atoms with Crippen LogP contribution < -0.4 is 10.6 Å². The molecule has 1 saturated carbocycles. The molecule has 1 atom stereocenters. The van der Waals surface area contributed by atoms with Crippen molar-refractivity contribution in [3.05, 3.63) is 24.2 Å². The minimum absolute atomic E-state index is 0.